The molecule has 1 aliphatic rings. The third-order valence-electron chi connectivity index (χ3n) is 3.84. The number of hydrogen-bond acceptors (Lipinski definition) is 2. The number of hydrogen-bond donors (Lipinski definition) is 0. The molecule has 3 aromatic rings. The van der Waals surface area contributed by atoms with Gasteiger partial charge in [0.15, 0.2) is 4.80 Å². The van der Waals surface area contributed by atoms with Crippen LogP contribution in [0.2, 0.25) is 5.02 Å². The first-order valence-corrected chi connectivity index (χ1v) is 9.52. The number of aromatic nitrogens is 1. The Morgan fingerprint density at radius 1 is 1.13 bits per heavy atom. The van der Waals surface area contributed by atoms with Gasteiger partial charge in [-0.2, -0.15) is 0 Å². The molecule has 116 valence electrons. The summed E-state index contributed by atoms with van der Waals surface area (Å²) in [6.45, 7) is 0. The number of rotatable bonds is 3. The maximum absolute atomic E-state index is 6.26. The van der Waals surface area contributed by atoms with Crippen molar-refractivity contribution in [3.05, 3.63) is 68.2 Å². The highest BCUT2D eigenvalue weighted by Crippen LogP contribution is 2.38. The van der Waals surface area contributed by atoms with Crippen LogP contribution in [-0.2, 0) is 0 Å². The lowest BCUT2D eigenvalue weighted by Crippen LogP contribution is -2.14. The van der Waals surface area contributed by atoms with Crippen molar-refractivity contribution < 1.29 is 0 Å². The summed E-state index contributed by atoms with van der Waals surface area (Å²) in [4.78, 5) is 5.82. The summed E-state index contributed by atoms with van der Waals surface area (Å²) >= 11 is 11.5. The molecule has 5 heteroatoms. The summed E-state index contributed by atoms with van der Waals surface area (Å²) in [5.41, 5.74) is 3.26. The second-order valence-electron chi connectivity index (χ2n) is 5.58. The van der Waals surface area contributed by atoms with Crippen molar-refractivity contribution in [2.45, 2.75) is 18.9 Å². The Kier molecular flexibility index (Phi) is 4.14. The van der Waals surface area contributed by atoms with Crippen molar-refractivity contribution in [2.75, 3.05) is 0 Å². The molecular formula is C18H14BrClN2S. The molecule has 0 atom stereocenters. The van der Waals surface area contributed by atoms with Crippen LogP contribution < -0.4 is 4.80 Å². The smallest absolute Gasteiger partial charge is 0.190 e. The zero-order valence-corrected chi connectivity index (χ0v) is 15.4. The summed E-state index contributed by atoms with van der Waals surface area (Å²) in [5.74, 6) is 0. The SMILES string of the molecule is Clc1ccccc1N=c1scc(-c2cccc(Br)c2)n1C1CC1. The molecule has 1 heterocycles. The lowest BCUT2D eigenvalue weighted by atomic mass is 10.2. The van der Waals surface area contributed by atoms with E-state index in [4.69, 9.17) is 16.6 Å². The molecule has 0 N–H and O–H groups in total. The Labute approximate surface area is 152 Å². The van der Waals surface area contributed by atoms with Crippen LogP contribution in [0.3, 0.4) is 0 Å². The van der Waals surface area contributed by atoms with Crippen molar-refractivity contribution in [3.8, 4) is 11.3 Å². The predicted octanol–water partition coefficient (Wildman–Crippen LogP) is 6.20. The molecule has 1 aromatic heterocycles. The van der Waals surface area contributed by atoms with Crippen LogP contribution in [0.1, 0.15) is 18.9 Å². The molecule has 1 fully saturated rings. The number of benzene rings is 2. The summed E-state index contributed by atoms with van der Waals surface area (Å²) in [6.07, 6.45) is 2.43. The highest BCUT2D eigenvalue weighted by Gasteiger charge is 2.27. The third-order valence-corrected chi connectivity index (χ3v) is 5.50. The lowest BCUT2D eigenvalue weighted by molar-refractivity contribution is 0.725. The van der Waals surface area contributed by atoms with Gasteiger partial charge in [-0.3, -0.25) is 0 Å². The zero-order chi connectivity index (χ0) is 15.8. The van der Waals surface area contributed by atoms with Gasteiger partial charge in [-0.25, -0.2) is 4.99 Å². The first kappa shape index (κ1) is 15.2. The van der Waals surface area contributed by atoms with Gasteiger partial charge in [0.2, 0.25) is 0 Å². The fourth-order valence-corrected chi connectivity index (χ4v) is 4.15. The van der Waals surface area contributed by atoms with Gasteiger partial charge in [-0.1, -0.05) is 51.8 Å². The molecule has 0 aliphatic heterocycles. The Bertz CT molecular complexity index is 925. The standard InChI is InChI=1S/C18H14BrClN2S/c19-13-5-3-4-12(10-13)17-11-23-18(22(17)14-8-9-14)21-16-7-2-1-6-15(16)20/h1-7,10-11,14H,8-9H2. The predicted molar refractivity (Wildman–Crippen MR) is 100 cm³/mol. The third kappa shape index (κ3) is 3.16. The molecule has 2 aromatic carbocycles. The van der Waals surface area contributed by atoms with E-state index in [1.807, 2.05) is 30.3 Å². The molecule has 0 unspecified atom stereocenters. The molecule has 2 nitrogen and oxygen atoms in total. The molecule has 0 spiro atoms. The van der Waals surface area contributed by atoms with Crippen molar-refractivity contribution in [1.82, 2.24) is 4.57 Å². The van der Waals surface area contributed by atoms with Crippen LogP contribution in [0.4, 0.5) is 5.69 Å². The number of para-hydroxylation sites is 1. The first-order valence-electron chi connectivity index (χ1n) is 7.47. The minimum Gasteiger partial charge on any atom is -0.313 e. The average Bonchev–Trinajstić information content (AvgIpc) is 3.30. The van der Waals surface area contributed by atoms with Crippen molar-refractivity contribution in [1.29, 1.82) is 0 Å². The number of thiazole rings is 1. The molecule has 0 radical (unpaired) electrons. The summed E-state index contributed by atoms with van der Waals surface area (Å²) in [7, 11) is 0. The van der Waals surface area contributed by atoms with Gasteiger partial charge >= 0.3 is 0 Å². The quantitative estimate of drug-likeness (QED) is 0.493. The summed E-state index contributed by atoms with van der Waals surface area (Å²) in [6, 6.07) is 16.7. The van der Waals surface area contributed by atoms with Gasteiger partial charge in [0, 0.05) is 21.5 Å². The van der Waals surface area contributed by atoms with E-state index in [0.717, 1.165) is 15.0 Å². The molecule has 0 bridgehead atoms. The zero-order valence-electron chi connectivity index (χ0n) is 12.2. The monoisotopic (exact) mass is 404 g/mol. The van der Waals surface area contributed by atoms with Crippen LogP contribution in [0.15, 0.2) is 63.4 Å². The lowest BCUT2D eigenvalue weighted by Gasteiger charge is -2.08. The Morgan fingerprint density at radius 2 is 1.96 bits per heavy atom. The highest BCUT2D eigenvalue weighted by molar-refractivity contribution is 9.10. The van der Waals surface area contributed by atoms with E-state index in [-0.39, 0.29) is 0 Å². The molecule has 1 saturated carbocycles. The fraction of sp³-hybridized carbons (Fsp3) is 0.167. The van der Waals surface area contributed by atoms with Gasteiger partial charge in [0.05, 0.1) is 16.4 Å². The minimum atomic E-state index is 0.552. The Morgan fingerprint density at radius 3 is 2.70 bits per heavy atom. The van der Waals surface area contributed by atoms with Crippen LogP contribution in [0.25, 0.3) is 11.3 Å². The van der Waals surface area contributed by atoms with E-state index in [0.29, 0.717) is 11.1 Å². The minimum absolute atomic E-state index is 0.552. The van der Waals surface area contributed by atoms with E-state index in [1.165, 1.54) is 24.1 Å². The van der Waals surface area contributed by atoms with Gasteiger partial charge in [0.25, 0.3) is 0 Å². The second-order valence-corrected chi connectivity index (χ2v) is 7.74. The molecular weight excluding hydrogens is 392 g/mol. The average molecular weight is 406 g/mol. The number of halogens is 2. The normalized spacial score (nSPS) is 15.1. The molecule has 1 aliphatic carbocycles. The van der Waals surface area contributed by atoms with Crippen LogP contribution in [0.5, 0.6) is 0 Å². The van der Waals surface area contributed by atoms with Gasteiger partial charge in [-0.05, 0) is 37.1 Å². The second kappa shape index (κ2) is 6.27. The van der Waals surface area contributed by atoms with Crippen LogP contribution >= 0.6 is 38.9 Å². The Balaban J connectivity index is 1.88. The largest absolute Gasteiger partial charge is 0.313 e. The van der Waals surface area contributed by atoms with Crippen LogP contribution in [-0.4, -0.2) is 4.57 Å². The Hall–Kier alpha value is -1.36. The molecule has 0 saturated heterocycles. The molecule has 4 rings (SSSR count). The van der Waals surface area contributed by atoms with Gasteiger partial charge < -0.3 is 4.57 Å². The van der Waals surface area contributed by atoms with E-state index >= 15 is 0 Å². The van der Waals surface area contributed by atoms with Gasteiger partial charge in [0.1, 0.15) is 0 Å². The summed E-state index contributed by atoms with van der Waals surface area (Å²) in [5, 5.41) is 2.88. The van der Waals surface area contributed by atoms with Crippen molar-refractivity contribution in [3.63, 3.8) is 0 Å². The fourth-order valence-electron chi connectivity index (χ4n) is 2.59. The number of nitrogens with zero attached hydrogens (tertiary/aromatic N) is 2. The molecule has 23 heavy (non-hydrogen) atoms. The maximum Gasteiger partial charge on any atom is 0.190 e. The van der Waals surface area contributed by atoms with Crippen LogP contribution in [0, 0.1) is 0 Å². The van der Waals surface area contributed by atoms with E-state index < -0.39 is 0 Å². The topological polar surface area (TPSA) is 17.3 Å². The maximum atomic E-state index is 6.26. The van der Waals surface area contributed by atoms with E-state index in [1.54, 1.807) is 11.3 Å². The first-order chi connectivity index (χ1) is 11.2. The van der Waals surface area contributed by atoms with E-state index in [9.17, 15) is 0 Å². The van der Waals surface area contributed by atoms with E-state index in [2.05, 4.69) is 44.1 Å². The van der Waals surface area contributed by atoms with Crippen molar-refractivity contribution in [2.24, 2.45) is 4.99 Å². The van der Waals surface area contributed by atoms with Crippen molar-refractivity contribution >= 4 is 44.6 Å². The van der Waals surface area contributed by atoms with Gasteiger partial charge in [-0.15, -0.1) is 11.3 Å². The summed E-state index contributed by atoms with van der Waals surface area (Å²) < 4.78 is 3.45. The molecule has 0 amide bonds. The highest BCUT2D eigenvalue weighted by atomic mass is 79.9.